The monoisotopic (exact) mass is 389 g/mol. The van der Waals surface area contributed by atoms with Crippen LogP contribution in [0.15, 0.2) is 36.4 Å². The fourth-order valence-corrected chi connectivity index (χ4v) is 4.39. The molecule has 0 spiro atoms. The van der Waals surface area contributed by atoms with Crippen molar-refractivity contribution in [3.05, 3.63) is 47.5 Å². The average Bonchev–Trinajstić information content (AvgIpc) is 3.07. The summed E-state index contributed by atoms with van der Waals surface area (Å²) in [5.74, 6) is 2.98. The molecule has 144 valence electrons. The fourth-order valence-electron chi connectivity index (χ4n) is 3.18. The SMILES string of the molecule is COc1ccccc1C1SCC(=O)N1Cc1cc(OC)c(OC)c(OC)c1. The van der Waals surface area contributed by atoms with Gasteiger partial charge in [0.15, 0.2) is 11.5 Å². The second-order valence-electron chi connectivity index (χ2n) is 5.96. The molecule has 1 atom stereocenters. The molecule has 3 rings (SSSR count). The van der Waals surface area contributed by atoms with Gasteiger partial charge in [-0.15, -0.1) is 11.8 Å². The zero-order chi connectivity index (χ0) is 19.4. The summed E-state index contributed by atoms with van der Waals surface area (Å²) in [6.45, 7) is 0.436. The summed E-state index contributed by atoms with van der Waals surface area (Å²) >= 11 is 1.60. The molecule has 2 aromatic rings. The number of nitrogens with zero attached hydrogens (tertiary/aromatic N) is 1. The number of rotatable bonds is 7. The van der Waals surface area contributed by atoms with E-state index in [1.54, 1.807) is 40.2 Å². The van der Waals surface area contributed by atoms with E-state index < -0.39 is 0 Å². The van der Waals surface area contributed by atoms with Crippen LogP contribution in [0.1, 0.15) is 16.5 Å². The number of methoxy groups -OCH3 is 4. The quantitative estimate of drug-likeness (QED) is 0.723. The van der Waals surface area contributed by atoms with Gasteiger partial charge < -0.3 is 23.8 Å². The number of para-hydroxylation sites is 1. The molecule has 7 heteroatoms. The lowest BCUT2D eigenvalue weighted by Crippen LogP contribution is -2.28. The summed E-state index contributed by atoms with van der Waals surface area (Å²) in [6, 6.07) is 11.5. The topological polar surface area (TPSA) is 57.2 Å². The summed E-state index contributed by atoms with van der Waals surface area (Å²) in [5, 5.41) is -0.104. The van der Waals surface area contributed by atoms with Crippen molar-refractivity contribution in [3.8, 4) is 23.0 Å². The van der Waals surface area contributed by atoms with E-state index >= 15 is 0 Å². The maximum atomic E-state index is 12.6. The molecular formula is C20H23NO5S. The molecule has 0 radical (unpaired) electrons. The predicted octanol–water partition coefficient (Wildman–Crippen LogP) is 3.50. The summed E-state index contributed by atoms with van der Waals surface area (Å²) in [4.78, 5) is 14.4. The number of ether oxygens (including phenoxy) is 4. The Morgan fingerprint density at radius 1 is 0.963 bits per heavy atom. The number of hydrogen-bond acceptors (Lipinski definition) is 6. The lowest BCUT2D eigenvalue weighted by Gasteiger charge is -2.26. The first-order valence-electron chi connectivity index (χ1n) is 8.45. The molecule has 0 aliphatic carbocycles. The van der Waals surface area contributed by atoms with Crippen molar-refractivity contribution in [1.29, 1.82) is 0 Å². The molecule has 0 aromatic heterocycles. The van der Waals surface area contributed by atoms with Crippen LogP contribution in [-0.4, -0.2) is 45.0 Å². The van der Waals surface area contributed by atoms with Gasteiger partial charge in [0.05, 0.1) is 34.2 Å². The Hall–Kier alpha value is -2.54. The molecule has 1 aliphatic heterocycles. The Morgan fingerprint density at radius 2 is 1.59 bits per heavy atom. The summed E-state index contributed by atoms with van der Waals surface area (Å²) in [6.07, 6.45) is 0. The van der Waals surface area contributed by atoms with Gasteiger partial charge in [0.1, 0.15) is 11.1 Å². The van der Waals surface area contributed by atoms with Crippen molar-refractivity contribution >= 4 is 17.7 Å². The minimum Gasteiger partial charge on any atom is -0.496 e. The van der Waals surface area contributed by atoms with Crippen molar-refractivity contribution in [2.24, 2.45) is 0 Å². The molecule has 1 unspecified atom stereocenters. The smallest absolute Gasteiger partial charge is 0.234 e. The van der Waals surface area contributed by atoms with E-state index in [2.05, 4.69) is 0 Å². The van der Waals surface area contributed by atoms with Gasteiger partial charge in [0, 0.05) is 12.1 Å². The van der Waals surface area contributed by atoms with Crippen LogP contribution in [0.5, 0.6) is 23.0 Å². The first-order valence-corrected chi connectivity index (χ1v) is 9.50. The highest BCUT2D eigenvalue weighted by Crippen LogP contribution is 2.44. The average molecular weight is 389 g/mol. The highest BCUT2D eigenvalue weighted by atomic mass is 32.2. The second-order valence-corrected chi connectivity index (χ2v) is 7.03. The van der Waals surface area contributed by atoms with Crippen molar-refractivity contribution < 1.29 is 23.7 Å². The standard InChI is InChI=1S/C20H23NO5S/c1-23-15-8-6-5-7-14(15)20-21(18(22)12-27-20)11-13-9-16(24-2)19(26-4)17(10-13)25-3/h5-10,20H,11-12H2,1-4H3. The zero-order valence-electron chi connectivity index (χ0n) is 15.9. The lowest BCUT2D eigenvalue weighted by atomic mass is 10.1. The summed E-state index contributed by atoms with van der Waals surface area (Å²) in [7, 11) is 6.37. The molecule has 2 aromatic carbocycles. The molecular weight excluding hydrogens is 366 g/mol. The number of thioether (sulfide) groups is 1. The third-order valence-electron chi connectivity index (χ3n) is 4.45. The Labute approximate surface area is 163 Å². The van der Waals surface area contributed by atoms with Crippen LogP contribution in [-0.2, 0) is 11.3 Å². The van der Waals surface area contributed by atoms with Gasteiger partial charge in [-0.1, -0.05) is 18.2 Å². The Kier molecular flexibility index (Phi) is 6.01. The summed E-state index contributed by atoms with van der Waals surface area (Å²) in [5.41, 5.74) is 1.89. The van der Waals surface area contributed by atoms with E-state index in [1.807, 2.05) is 41.3 Å². The molecule has 1 aliphatic rings. The van der Waals surface area contributed by atoms with Crippen molar-refractivity contribution in [2.75, 3.05) is 34.2 Å². The van der Waals surface area contributed by atoms with E-state index in [0.717, 1.165) is 16.9 Å². The Balaban J connectivity index is 1.94. The van der Waals surface area contributed by atoms with Crippen LogP contribution in [0.25, 0.3) is 0 Å². The molecule has 0 saturated carbocycles. The first-order chi connectivity index (χ1) is 13.1. The van der Waals surface area contributed by atoms with Crippen molar-refractivity contribution in [3.63, 3.8) is 0 Å². The molecule has 1 amide bonds. The van der Waals surface area contributed by atoms with Crippen molar-refractivity contribution in [2.45, 2.75) is 11.9 Å². The zero-order valence-corrected chi connectivity index (χ0v) is 16.7. The maximum absolute atomic E-state index is 12.6. The van der Waals surface area contributed by atoms with Crippen LogP contribution >= 0.6 is 11.8 Å². The fraction of sp³-hybridized carbons (Fsp3) is 0.350. The number of carbonyl (C=O) groups excluding carboxylic acids is 1. The molecule has 0 N–H and O–H groups in total. The lowest BCUT2D eigenvalue weighted by molar-refractivity contribution is -0.128. The highest BCUT2D eigenvalue weighted by Gasteiger charge is 2.34. The van der Waals surface area contributed by atoms with Crippen molar-refractivity contribution in [1.82, 2.24) is 4.90 Å². The first kappa shape index (κ1) is 19.2. The van der Waals surface area contributed by atoms with E-state index in [9.17, 15) is 4.79 Å². The predicted molar refractivity (Wildman–Crippen MR) is 105 cm³/mol. The van der Waals surface area contributed by atoms with Crippen LogP contribution in [0, 0.1) is 0 Å². The third-order valence-corrected chi connectivity index (χ3v) is 5.69. The molecule has 6 nitrogen and oxygen atoms in total. The van der Waals surface area contributed by atoms with E-state index in [0.29, 0.717) is 29.5 Å². The second kappa shape index (κ2) is 8.43. The maximum Gasteiger partial charge on any atom is 0.234 e. The van der Waals surface area contributed by atoms with Crippen LogP contribution in [0.4, 0.5) is 0 Å². The molecule has 0 bridgehead atoms. The normalized spacial score (nSPS) is 16.4. The molecule has 27 heavy (non-hydrogen) atoms. The largest absolute Gasteiger partial charge is 0.496 e. The van der Waals surface area contributed by atoms with Crippen LogP contribution < -0.4 is 18.9 Å². The molecule has 1 fully saturated rings. The van der Waals surface area contributed by atoms with Crippen LogP contribution in [0.2, 0.25) is 0 Å². The van der Waals surface area contributed by atoms with Gasteiger partial charge >= 0.3 is 0 Å². The van der Waals surface area contributed by atoms with Gasteiger partial charge in [-0.3, -0.25) is 4.79 Å². The number of benzene rings is 2. The van der Waals surface area contributed by atoms with Gasteiger partial charge in [0.2, 0.25) is 11.7 Å². The van der Waals surface area contributed by atoms with Gasteiger partial charge in [-0.2, -0.15) is 0 Å². The molecule has 1 saturated heterocycles. The number of amides is 1. The van der Waals surface area contributed by atoms with Gasteiger partial charge in [-0.25, -0.2) is 0 Å². The van der Waals surface area contributed by atoms with Gasteiger partial charge in [-0.05, 0) is 23.8 Å². The van der Waals surface area contributed by atoms with E-state index in [1.165, 1.54) is 0 Å². The highest BCUT2D eigenvalue weighted by molar-refractivity contribution is 8.00. The van der Waals surface area contributed by atoms with E-state index in [4.69, 9.17) is 18.9 Å². The minimum absolute atomic E-state index is 0.0876. The van der Waals surface area contributed by atoms with Gasteiger partial charge in [0.25, 0.3) is 0 Å². The van der Waals surface area contributed by atoms with E-state index in [-0.39, 0.29) is 11.3 Å². The number of hydrogen-bond donors (Lipinski definition) is 0. The van der Waals surface area contributed by atoms with Crippen LogP contribution in [0.3, 0.4) is 0 Å². The summed E-state index contributed by atoms with van der Waals surface area (Å²) < 4.78 is 21.7. The Morgan fingerprint density at radius 3 is 2.19 bits per heavy atom. The minimum atomic E-state index is -0.104. The Bertz CT molecular complexity index is 801. The third kappa shape index (κ3) is 3.78. The molecule has 1 heterocycles. The number of carbonyl (C=O) groups is 1.